The molecule has 1 aromatic carbocycles. The van der Waals surface area contributed by atoms with Gasteiger partial charge in [0.1, 0.15) is 0 Å². The number of aromatic amines is 1. The molecule has 6 nitrogen and oxygen atoms in total. The van der Waals surface area contributed by atoms with Crippen LogP contribution in [0.5, 0.6) is 0 Å². The first-order valence-electron chi connectivity index (χ1n) is 9.65. The minimum absolute atomic E-state index is 0.315. The Balaban J connectivity index is 1.37. The van der Waals surface area contributed by atoms with E-state index in [0.717, 1.165) is 30.3 Å². The Morgan fingerprint density at radius 1 is 1.14 bits per heavy atom. The van der Waals surface area contributed by atoms with E-state index >= 15 is 0 Å². The van der Waals surface area contributed by atoms with Gasteiger partial charge >= 0.3 is 0 Å². The molecule has 142 valence electrons. The van der Waals surface area contributed by atoms with Crippen LogP contribution in [0.25, 0.3) is 10.9 Å². The molecule has 0 bridgehead atoms. The van der Waals surface area contributed by atoms with Gasteiger partial charge in [-0.05, 0) is 54.6 Å². The number of rotatable bonds is 5. The van der Waals surface area contributed by atoms with Gasteiger partial charge in [0.15, 0.2) is 5.13 Å². The lowest BCUT2D eigenvalue weighted by atomic mass is 9.98. The van der Waals surface area contributed by atoms with E-state index in [2.05, 4.69) is 49.4 Å². The zero-order chi connectivity index (χ0) is 18.8. The number of piperidine rings is 1. The topological polar surface area (TPSA) is 69.7 Å². The van der Waals surface area contributed by atoms with E-state index in [1.54, 1.807) is 17.5 Å². The predicted octanol–water partition coefficient (Wildman–Crippen LogP) is 4.89. The minimum atomic E-state index is 0.315. The van der Waals surface area contributed by atoms with Crippen molar-refractivity contribution in [2.75, 3.05) is 11.9 Å². The molecule has 1 saturated heterocycles. The number of H-pyrrole nitrogens is 1. The zero-order valence-electron chi connectivity index (χ0n) is 15.5. The van der Waals surface area contributed by atoms with Crippen molar-refractivity contribution < 1.29 is 0 Å². The molecule has 0 spiro atoms. The molecule has 5 rings (SSSR count). The molecule has 0 radical (unpaired) electrons. The van der Waals surface area contributed by atoms with Gasteiger partial charge in [-0.3, -0.25) is 4.90 Å². The maximum absolute atomic E-state index is 4.80. The first-order chi connectivity index (χ1) is 13.8. The lowest BCUT2D eigenvalue weighted by Gasteiger charge is -2.35. The second kappa shape index (κ2) is 7.69. The van der Waals surface area contributed by atoms with Crippen LogP contribution < -0.4 is 5.32 Å². The Hall–Kier alpha value is -2.77. The highest BCUT2D eigenvalue weighted by Gasteiger charge is 2.25. The van der Waals surface area contributed by atoms with Crippen LogP contribution in [0.1, 0.15) is 36.6 Å². The molecule has 1 atom stereocenters. The average Bonchev–Trinajstić information content (AvgIpc) is 3.40. The maximum Gasteiger partial charge on any atom is 0.229 e. The molecular formula is C21H22N6S. The van der Waals surface area contributed by atoms with Gasteiger partial charge in [-0.25, -0.2) is 15.0 Å². The summed E-state index contributed by atoms with van der Waals surface area (Å²) < 4.78 is 0. The number of nitrogens with one attached hydrogen (secondary N) is 2. The van der Waals surface area contributed by atoms with Crippen molar-refractivity contribution in [1.82, 2.24) is 24.8 Å². The highest BCUT2D eigenvalue weighted by Crippen LogP contribution is 2.32. The second-order valence-corrected chi connectivity index (χ2v) is 8.04. The van der Waals surface area contributed by atoms with E-state index in [1.165, 1.54) is 29.3 Å². The number of benzene rings is 1. The molecule has 0 saturated carbocycles. The van der Waals surface area contributed by atoms with E-state index in [9.17, 15) is 0 Å². The Kier molecular flexibility index (Phi) is 4.76. The number of fused-ring (bicyclic) bond motifs is 1. The summed E-state index contributed by atoms with van der Waals surface area (Å²) in [5.74, 6) is 0.617. The third-order valence-electron chi connectivity index (χ3n) is 5.29. The molecule has 4 heterocycles. The highest BCUT2D eigenvalue weighted by atomic mass is 32.1. The summed E-state index contributed by atoms with van der Waals surface area (Å²) >= 11 is 1.55. The summed E-state index contributed by atoms with van der Waals surface area (Å²) in [7, 11) is 0. The van der Waals surface area contributed by atoms with E-state index in [0.29, 0.717) is 12.0 Å². The van der Waals surface area contributed by atoms with Gasteiger partial charge in [-0.1, -0.05) is 12.5 Å². The molecule has 0 aliphatic carbocycles. The smallest absolute Gasteiger partial charge is 0.229 e. The number of thiazole rings is 1. The van der Waals surface area contributed by atoms with Crippen LogP contribution in [0.3, 0.4) is 0 Å². The average molecular weight is 391 g/mol. The van der Waals surface area contributed by atoms with Crippen molar-refractivity contribution in [3.63, 3.8) is 0 Å². The number of anilines is 2. The van der Waals surface area contributed by atoms with E-state index in [1.807, 2.05) is 23.8 Å². The largest absolute Gasteiger partial charge is 0.361 e. The number of aromatic nitrogens is 4. The van der Waals surface area contributed by atoms with Gasteiger partial charge < -0.3 is 10.3 Å². The fraction of sp³-hybridized carbons (Fsp3) is 0.286. The number of hydrogen-bond acceptors (Lipinski definition) is 6. The van der Waals surface area contributed by atoms with Gasteiger partial charge in [0.25, 0.3) is 0 Å². The minimum Gasteiger partial charge on any atom is -0.361 e. The number of likely N-dealkylation sites (tertiary alicyclic amines) is 1. The van der Waals surface area contributed by atoms with Gasteiger partial charge in [-0.15, -0.1) is 11.3 Å². The van der Waals surface area contributed by atoms with Crippen LogP contribution in [0, 0.1) is 0 Å². The van der Waals surface area contributed by atoms with Crippen molar-refractivity contribution in [2.24, 2.45) is 0 Å². The molecule has 1 fully saturated rings. The first-order valence-corrected chi connectivity index (χ1v) is 10.5. The van der Waals surface area contributed by atoms with Crippen molar-refractivity contribution in [2.45, 2.75) is 31.8 Å². The monoisotopic (exact) mass is 390 g/mol. The molecule has 2 N–H and O–H groups in total. The van der Waals surface area contributed by atoms with Crippen molar-refractivity contribution >= 4 is 33.3 Å². The molecular weight excluding hydrogens is 368 g/mol. The summed E-state index contributed by atoms with van der Waals surface area (Å²) in [6, 6.07) is 11.2. The Bertz CT molecular complexity index is 1060. The van der Waals surface area contributed by atoms with Crippen LogP contribution in [-0.2, 0) is 6.54 Å². The second-order valence-electron chi connectivity index (χ2n) is 7.15. The Morgan fingerprint density at radius 3 is 3.07 bits per heavy atom. The SMILES string of the molecule is c1cc([C@@H]2CCCCN2Cc2ccc3[nH]ccc3c2)nc(Nc2nccs2)n1. The summed E-state index contributed by atoms with van der Waals surface area (Å²) in [5, 5.41) is 7.23. The van der Waals surface area contributed by atoms with E-state index < -0.39 is 0 Å². The molecule has 1 aliphatic rings. The molecule has 28 heavy (non-hydrogen) atoms. The zero-order valence-corrected chi connectivity index (χ0v) is 16.3. The van der Waals surface area contributed by atoms with Gasteiger partial charge in [0.2, 0.25) is 5.95 Å². The van der Waals surface area contributed by atoms with Gasteiger partial charge in [-0.2, -0.15) is 0 Å². The normalized spacial score (nSPS) is 17.8. The van der Waals surface area contributed by atoms with Crippen LogP contribution in [0.15, 0.2) is 54.3 Å². The summed E-state index contributed by atoms with van der Waals surface area (Å²) in [4.78, 5) is 19.2. The molecule has 0 amide bonds. The van der Waals surface area contributed by atoms with Gasteiger partial charge in [0, 0.05) is 36.0 Å². The number of nitrogens with zero attached hydrogens (tertiary/aromatic N) is 4. The van der Waals surface area contributed by atoms with Crippen molar-refractivity contribution in [3.8, 4) is 0 Å². The fourth-order valence-electron chi connectivity index (χ4n) is 3.95. The molecule has 4 aromatic rings. The Labute approximate surface area is 167 Å². The van der Waals surface area contributed by atoms with Crippen molar-refractivity contribution in [3.05, 3.63) is 65.6 Å². The summed E-state index contributed by atoms with van der Waals surface area (Å²) in [6.45, 7) is 2.03. The molecule has 3 aromatic heterocycles. The molecule has 7 heteroatoms. The predicted molar refractivity (Wildman–Crippen MR) is 113 cm³/mol. The lowest BCUT2D eigenvalue weighted by Crippen LogP contribution is -2.33. The lowest BCUT2D eigenvalue weighted by molar-refractivity contribution is 0.137. The van der Waals surface area contributed by atoms with E-state index in [4.69, 9.17) is 4.98 Å². The quantitative estimate of drug-likeness (QED) is 0.508. The maximum atomic E-state index is 4.80. The third-order valence-corrected chi connectivity index (χ3v) is 5.98. The van der Waals surface area contributed by atoms with E-state index in [-0.39, 0.29) is 0 Å². The highest BCUT2D eigenvalue weighted by molar-refractivity contribution is 7.13. The summed E-state index contributed by atoms with van der Waals surface area (Å²) in [6.07, 6.45) is 9.21. The third kappa shape index (κ3) is 3.63. The van der Waals surface area contributed by atoms with Crippen molar-refractivity contribution in [1.29, 1.82) is 0 Å². The molecule has 1 aliphatic heterocycles. The Morgan fingerprint density at radius 2 is 2.14 bits per heavy atom. The number of hydrogen-bond donors (Lipinski definition) is 2. The summed E-state index contributed by atoms with van der Waals surface area (Å²) in [5.41, 5.74) is 3.61. The molecule has 0 unspecified atom stereocenters. The van der Waals surface area contributed by atoms with Crippen LogP contribution in [0.2, 0.25) is 0 Å². The standard InChI is InChI=1S/C21H22N6S/c1-2-11-27(14-15-4-5-17-16(13-15)6-8-22-17)19(3-1)18-7-9-23-20(25-18)26-21-24-10-12-28-21/h4-10,12-13,19,22H,1-3,11,14H2,(H,23,24,25,26)/t19-/m0/s1. The van der Waals surface area contributed by atoms with Crippen LogP contribution >= 0.6 is 11.3 Å². The van der Waals surface area contributed by atoms with Gasteiger partial charge in [0.05, 0.1) is 11.7 Å². The first kappa shape index (κ1) is 17.3. The fourth-order valence-corrected chi connectivity index (χ4v) is 4.47. The van der Waals surface area contributed by atoms with Crippen LogP contribution in [0.4, 0.5) is 11.1 Å². The van der Waals surface area contributed by atoms with Crippen LogP contribution in [-0.4, -0.2) is 31.4 Å².